The molecule has 2 amide bonds. The van der Waals surface area contributed by atoms with Gasteiger partial charge in [0.25, 0.3) is 0 Å². The topological polar surface area (TPSA) is 78.4 Å². The van der Waals surface area contributed by atoms with Crippen LogP contribution >= 0.6 is 0 Å². The van der Waals surface area contributed by atoms with Crippen LogP contribution in [0.25, 0.3) is 0 Å². The van der Waals surface area contributed by atoms with Crippen LogP contribution in [0.5, 0.6) is 0 Å². The summed E-state index contributed by atoms with van der Waals surface area (Å²) in [6.45, 7) is 5.54. The third kappa shape index (κ3) is 2.84. The Kier molecular flexibility index (Phi) is 2.93. The van der Waals surface area contributed by atoms with Crippen LogP contribution in [0.4, 0.5) is 4.79 Å². The van der Waals surface area contributed by atoms with Crippen LogP contribution in [0.1, 0.15) is 40.0 Å². The number of hydrogen-bond acceptors (Lipinski definition) is 2. The number of aliphatic carboxylic acids is 1. The van der Waals surface area contributed by atoms with E-state index in [1.807, 2.05) is 20.8 Å². The van der Waals surface area contributed by atoms with E-state index in [0.29, 0.717) is 12.8 Å². The molecule has 5 heteroatoms. The summed E-state index contributed by atoms with van der Waals surface area (Å²) < 4.78 is 0. The fraction of sp³-hybridized carbons (Fsp3) is 0.800. The molecule has 0 radical (unpaired) electrons. The number of nitrogens with one attached hydrogen (secondary N) is 2. The zero-order chi connectivity index (χ0) is 11.7. The van der Waals surface area contributed by atoms with Gasteiger partial charge in [-0.15, -0.1) is 0 Å². The Morgan fingerprint density at radius 3 is 2.07 bits per heavy atom. The average Bonchev–Trinajstić information content (AvgIpc) is 1.92. The van der Waals surface area contributed by atoms with Gasteiger partial charge in [0.05, 0.1) is 0 Å². The van der Waals surface area contributed by atoms with Crippen LogP contribution in [-0.2, 0) is 4.79 Å². The maximum Gasteiger partial charge on any atom is 0.329 e. The SMILES string of the molecule is CC(C)(C)NC(=O)NC1(C(=O)O)CCC1. The van der Waals surface area contributed by atoms with E-state index in [4.69, 9.17) is 5.11 Å². The molecule has 0 aromatic carbocycles. The minimum Gasteiger partial charge on any atom is -0.480 e. The number of urea groups is 1. The van der Waals surface area contributed by atoms with Crippen molar-refractivity contribution >= 4 is 12.0 Å². The Morgan fingerprint density at radius 1 is 1.27 bits per heavy atom. The predicted octanol–water partition coefficient (Wildman–Crippen LogP) is 1.09. The maximum atomic E-state index is 11.5. The summed E-state index contributed by atoms with van der Waals surface area (Å²) in [5.41, 5.74) is -1.39. The molecule has 0 saturated heterocycles. The third-order valence-corrected chi connectivity index (χ3v) is 2.46. The number of hydrogen-bond donors (Lipinski definition) is 3. The summed E-state index contributed by atoms with van der Waals surface area (Å²) in [6.07, 6.45) is 1.88. The fourth-order valence-corrected chi connectivity index (χ4v) is 1.51. The van der Waals surface area contributed by atoms with Crippen molar-refractivity contribution in [1.29, 1.82) is 0 Å². The molecule has 5 nitrogen and oxygen atoms in total. The van der Waals surface area contributed by atoms with Gasteiger partial charge < -0.3 is 15.7 Å². The number of carbonyl (C=O) groups excluding carboxylic acids is 1. The summed E-state index contributed by atoms with van der Waals surface area (Å²) in [4.78, 5) is 22.4. The molecule has 0 aromatic heterocycles. The predicted molar refractivity (Wildman–Crippen MR) is 55.6 cm³/mol. The second-order valence-electron chi connectivity index (χ2n) is 5.07. The van der Waals surface area contributed by atoms with Crippen molar-refractivity contribution < 1.29 is 14.7 Å². The molecule has 1 saturated carbocycles. The lowest BCUT2D eigenvalue weighted by Gasteiger charge is -2.38. The molecule has 0 aliphatic heterocycles. The molecule has 3 N–H and O–H groups in total. The van der Waals surface area contributed by atoms with Crippen molar-refractivity contribution in [2.75, 3.05) is 0 Å². The second-order valence-corrected chi connectivity index (χ2v) is 5.07. The van der Waals surface area contributed by atoms with Crippen molar-refractivity contribution in [2.24, 2.45) is 0 Å². The zero-order valence-corrected chi connectivity index (χ0v) is 9.39. The van der Waals surface area contributed by atoms with E-state index in [1.54, 1.807) is 0 Å². The molecule has 0 aromatic rings. The van der Waals surface area contributed by atoms with Crippen molar-refractivity contribution in [1.82, 2.24) is 10.6 Å². The minimum absolute atomic E-state index is 0.354. The molecule has 0 atom stereocenters. The minimum atomic E-state index is -1.03. The lowest BCUT2D eigenvalue weighted by atomic mass is 9.77. The molecule has 0 bridgehead atoms. The van der Waals surface area contributed by atoms with Crippen LogP contribution < -0.4 is 10.6 Å². The van der Waals surface area contributed by atoms with Crippen molar-refractivity contribution in [2.45, 2.75) is 51.1 Å². The first kappa shape index (κ1) is 11.8. The van der Waals surface area contributed by atoms with E-state index in [2.05, 4.69) is 10.6 Å². The summed E-state index contributed by atoms with van der Waals surface area (Å²) in [6, 6.07) is -0.412. The largest absolute Gasteiger partial charge is 0.480 e. The first-order chi connectivity index (χ1) is 6.75. The van der Waals surface area contributed by atoms with E-state index in [0.717, 1.165) is 6.42 Å². The van der Waals surface area contributed by atoms with Crippen LogP contribution in [-0.4, -0.2) is 28.2 Å². The van der Waals surface area contributed by atoms with Gasteiger partial charge in [-0.2, -0.15) is 0 Å². The Labute approximate surface area is 89.2 Å². The highest BCUT2D eigenvalue weighted by Gasteiger charge is 2.45. The van der Waals surface area contributed by atoms with Gasteiger partial charge >= 0.3 is 12.0 Å². The van der Waals surface area contributed by atoms with Crippen LogP contribution in [0.2, 0.25) is 0 Å². The molecule has 1 aliphatic rings. The highest BCUT2D eigenvalue weighted by atomic mass is 16.4. The van der Waals surface area contributed by atoms with Crippen LogP contribution in [0.15, 0.2) is 0 Å². The number of carboxylic acid groups (broad SMARTS) is 1. The van der Waals surface area contributed by atoms with E-state index < -0.39 is 17.5 Å². The zero-order valence-electron chi connectivity index (χ0n) is 9.39. The molecule has 86 valence electrons. The molecule has 15 heavy (non-hydrogen) atoms. The highest BCUT2D eigenvalue weighted by molar-refractivity contribution is 5.87. The van der Waals surface area contributed by atoms with Gasteiger partial charge in [-0.25, -0.2) is 9.59 Å². The van der Waals surface area contributed by atoms with Crippen molar-refractivity contribution in [3.8, 4) is 0 Å². The number of carboxylic acids is 1. The van der Waals surface area contributed by atoms with Gasteiger partial charge in [0.15, 0.2) is 0 Å². The Morgan fingerprint density at radius 2 is 1.80 bits per heavy atom. The van der Waals surface area contributed by atoms with Gasteiger partial charge in [-0.3, -0.25) is 0 Å². The summed E-state index contributed by atoms with van der Waals surface area (Å²) in [7, 11) is 0. The normalized spacial score (nSPS) is 18.9. The van der Waals surface area contributed by atoms with Gasteiger partial charge in [0, 0.05) is 5.54 Å². The van der Waals surface area contributed by atoms with E-state index >= 15 is 0 Å². The van der Waals surface area contributed by atoms with E-state index in [1.165, 1.54) is 0 Å². The Bertz CT molecular complexity index is 277. The highest BCUT2D eigenvalue weighted by Crippen LogP contribution is 2.31. The van der Waals surface area contributed by atoms with E-state index in [9.17, 15) is 9.59 Å². The van der Waals surface area contributed by atoms with Crippen molar-refractivity contribution in [3.63, 3.8) is 0 Å². The quantitative estimate of drug-likeness (QED) is 0.644. The first-order valence-corrected chi connectivity index (χ1v) is 5.09. The second kappa shape index (κ2) is 3.72. The van der Waals surface area contributed by atoms with Crippen LogP contribution in [0.3, 0.4) is 0 Å². The standard InChI is InChI=1S/C10H18N2O3/c1-9(2,3)11-8(15)12-10(7(13)14)5-4-6-10/h4-6H2,1-3H3,(H,13,14)(H2,11,12,15). The molecule has 1 aliphatic carbocycles. The molecule has 0 heterocycles. The summed E-state index contributed by atoms with van der Waals surface area (Å²) >= 11 is 0. The summed E-state index contributed by atoms with van der Waals surface area (Å²) in [5.74, 6) is -0.946. The van der Waals surface area contributed by atoms with Crippen molar-refractivity contribution in [3.05, 3.63) is 0 Å². The van der Waals surface area contributed by atoms with Gasteiger partial charge in [0.1, 0.15) is 5.54 Å². The molecule has 1 fully saturated rings. The number of rotatable bonds is 2. The molecular weight excluding hydrogens is 196 g/mol. The molecular formula is C10H18N2O3. The molecule has 1 rings (SSSR count). The fourth-order valence-electron chi connectivity index (χ4n) is 1.51. The Balaban J connectivity index is 2.54. The van der Waals surface area contributed by atoms with Crippen LogP contribution in [0, 0.1) is 0 Å². The smallest absolute Gasteiger partial charge is 0.329 e. The maximum absolute atomic E-state index is 11.5. The number of carbonyl (C=O) groups is 2. The average molecular weight is 214 g/mol. The number of amides is 2. The summed E-state index contributed by atoms with van der Waals surface area (Å²) in [5, 5.41) is 14.2. The van der Waals surface area contributed by atoms with Gasteiger partial charge in [-0.1, -0.05) is 0 Å². The Hall–Kier alpha value is -1.26. The third-order valence-electron chi connectivity index (χ3n) is 2.46. The monoisotopic (exact) mass is 214 g/mol. The van der Waals surface area contributed by atoms with Gasteiger partial charge in [-0.05, 0) is 40.0 Å². The lowest BCUT2D eigenvalue weighted by molar-refractivity contribution is -0.148. The van der Waals surface area contributed by atoms with E-state index in [-0.39, 0.29) is 5.54 Å². The molecule has 0 unspecified atom stereocenters. The lowest BCUT2D eigenvalue weighted by Crippen LogP contribution is -2.62. The van der Waals surface area contributed by atoms with Gasteiger partial charge in [0.2, 0.25) is 0 Å². The first-order valence-electron chi connectivity index (χ1n) is 5.09. The molecule has 0 spiro atoms.